The molecular weight excluding hydrogens is 260 g/mol. The minimum absolute atomic E-state index is 0.115. The summed E-state index contributed by atoms with van der Waals surface area (Å²) >= 11 is 0. The number of pyridine rings is 1. The van der Waals surface area contributed by atoms with Gasteiger partial charge in [0.2, 0.25) is 0 Å². The molecule has 1 heterocycles. The molecule has 2 aromatic rings. The number of aryl methyl sites for hydroxylation is 1. The number of aromatic carboxylic acids is 1. The number of nitrogens with one attached hydrogen (secondary N) is 1. The van der Waals surface area contributed by atoms with Gasteiger partial charge in [-0.25, -0.2) is 9.78 Å². The number of phenolic OH excluding ortho intramolecular Hbond substituents is 1. The first kappa shape index (κ1) is 13.5. The highest BCUT2D eigenvalue weighted by molar-refractivity contribution is 6.06. The first-order valence-electron chi connectivity index (χ1n) is 5.77. The van der Waals surface area contributed by atoms with Gasteiger partial charge in [0.25, 0.3) is 5.91 Å². The number of rotatable bonds is 3. The van der Waals surface area contributed by atoms with Crippen LogP contribution in [0.5, 0.6) is 5.75 Å². The fraction of sp³-hybridized carbons (Fsp3) is 0.0714. The van der Waals surface area contributed by atoms with Crippen molar-refractivity contribution in [2.45, 2.75) is 6.92 Å². The standard InChI is InChI=1S/C14H12N2O4/c1-8-2-3-10(12(17)6-8)13(18)16-9-4-5-15-11(7-9)14(19)20/h2-7,17H,1H3,(H,19,20)(H,15,16,18). The Balaban J connectivity index is 2.23. The summed E-state index contributed by atoms with van der Waals surface area (Å²) in [4.78, 5) is 26.4. The zero-order chi connectivity index (χ0) is 14.7. The van der Waals surface area contributed by atoms with Crippen LogP contribution in [0.4, 0.5) is 5.69 Å². The van der Waals surface area contributed by atoms with Gasteiger partial charge >= 0.3 is 5.97 Å². The van der Waals surface area contributed by atoms with Gasteiger partial charge in [0.05, 0.1) is 5.56 Å². The van der Waals surface area contributed by atoms with E-state index >= 15 is 0 Å². The number of hydrogen-bond acceptors (Lipinski definition) is 4. The monoisotopic (exact) mass is 272 g/mol. The van der Waals surface area contributed by atoms with Crippen molar-refractivity contribution in [1.29, 1.82) is 0 Å². The Morgan fingerprint density at radius 1 is 1.20 bits per heavy atom. The second kappa shape index (κ2) is 5.40. The lowest BCUT2D eigenvalue weighted by atomic mass is 10.1. The lowest BCUT2D eigenvalue weighted by Crippen LogP contribution is -2.13. The van der Waals surface area contributed by atoms with Gasteiger partial charge in [-0.2, -0.15) is 0 Å². The van der Waals surface area contributed by atoms with Gasteiger partial charge < -0.3 is 15.5 Å². The van der Waals surface area contributed by atoms with E-state index in [1.165, 1.54) is 30.5 Å². The third-order valence-electron chi connectivity index (χ3n) is 2.63. The van der Waals surface area contributed by atoms with E-state index in [0.29, 0.717) is 5.69 Å². The highest BCUT2D eigenvalue weighted by atomic mass is 16.4. The molecule has 0 atom stereocenters. The van der Waals surface area contributed by atoms with E-state index in [0.717, 1.165) is 5.56 Å². The van der Waals surface area contributed by atoms with E-state index in [1.807, 2.05) is 0 Å². The molecule has 0 aliphatic carbocycles. The molecule has 0 saturated heterocycles. The predicted octanol–water partition coefficient (Wildman–Crippen LogP) is 2.05. The molecule has 1 aromatic carbocycles. The zero-order valence-electron chi connectivity index (χ0n) is 10.6. The number of benzene rings is 1. The molecule has 20 heavy (non-hydrogen) atoms. The average Bonchev–Trinajstić information content (AvgIpc) is 2.38. The number of amides is 1. The minimum atomic E-state index is -1.18. The van der Waals surface area contributed by atoms with Gasteiger partial charge in [-0.1, -0.05) is 6.07 Å². The number of carbonyl (C=O) groups excluding carboxylic acids is 1. The normalized spacial score (nSPS) is 10.1. The lowest BCUT2D eigenvalue weighted by Gasteiger charge is -2.07. The van der Waals surface area contributed by atoms with E-state index in [1.54, 1.807) is 13.0 Å². The molecule has 0 radical (unpaired) electrons. The maximum atomic E-state index is 12.0. The summed E-state index contributed by atoms with van der Waals surface area (Å²) in [6.45, 7) is 1.80. The quantitative estimate of drug-likeness (QED) is 0.794. The molecule has 6 nitrogen and oxygen atoms in total. The zero-order valence-corrected chi connectivity index (χ0v) is 10.6. The van der Waals surface area contributed by atoms with Crippen LogP contribution in [-0.4, -0.2) is 27.1 Å². The molecule has 2 rings (SSSR count). The van der Waals surface area contributed by atoms with Crippen molar-refractivity contribution in [3.05, 3.63) is 53.3 Å². The van der Waals surface area contributed by atoms with Crippen molar-refractivity contribution in [1.82, 2.24) is 4.98 Å². The molecule has 0 aliphatic heterocycles. The highest BCUT2D eigenvalue weighted by Gasteiger charge is 2.12. The summed E-state index contributed by atoms with van der Waals surface area (Å²) in [5.74, 6) is -1.83. The lowest BCUT2D eigenvalue weighted by molar-refractivity contribution is 0.0690. The van der Waals surface area contributed by atoms with Crippen molar-refractivity contribution in [3.63, 3.8) is 0 Å². The van der Waals surface area contributed by atoms with Crippen LogP contribution in [0, 0.1) is 6.92 Å². The molecule has 0 saturated carbocycles. The van der Waals surface area contributed by atoms with Crippen LogP contribution in [0.15, 0.2) is 36.5 Å². The van der Waals surface area contributed by atoms with Gasteiger partial charge in [0, 0.05) is 11.9 Å². The largest absolute Gasteiger partial charge is 0.507 e. The van der Waals surface area contributed by atoms with Crippen LogP contribution in [0.3, 0.4) is 0 Å². The molecule has 0 bridgehead atoms. The number of carboxylic acids is 1. The van der Waals surface area contributed by atoms with Crippen molar-refractivity contribution in [2.75, 3.05) is 5.32 Å². The van der Waals surface area contributed by atoms with Crippen LogP contribution < -0.4 is 5.32 Å². The number of carboxylic acid groups (broad SMARTS) is 1. The second-order valence-corrected chi connectivity index (χ2v) is 4.21. The average molecular weight is 272 g/mol. The molecule has 0 aliphatic rings. The van der Waals surface area contributed by atoms with E-state index in [2.05, 4.69) is 10.3 Å². The van der Waals surface area contributed by atoms with Gasteiger partial charge in [-0.3, -0.25) is 4.79 Å². The van der Waals surface area contributed by atoms with Crippen molar-refractivity contribution < 1.29 is 19.8 Å². The third kappa shape index (κ3) is 2.92. The van der Waals surface area contributed by atoms with Crippen molar-refractivity contribution in [3.8, 4) is 5.75 Å². The Morgan fingerprint density at radius 2 is 1.95 bits per heavy atom. The van der Waals surface area contributed by atoms with E-state index in [4.69, 9.17) is 5.11 Å². The van der Waals surface area contributed by atoms with Crippen LogP contribution in [0.1, 0.15) is 26.4 Å². The summed E-state index contributed by atoms with van der Waals surface area (Å²) in [5.41, 5.74) is 1.07. The fourth-order valence-corrected chi connectivity index (χ4v) is 1.66. The Bertz CT molecular complexity index is 683. The second-order valence-electron chi connectivity index (χ2n) is 4.21. The number of nitrogens with zero attached hydrogens (tertiary/aromatic N) is 1. The number of aromatic hydroxyl groups is 1. The van der Waals surface area contributed by atoms with Crippen LogP contribution in [-0.2, 0) is 0 Å². The van der Waals surface area contributed by atoms with Crippen LogP contribution >= 0.6 is 0 Å². The summed E-state index contributed by atoms with van der Waals surface area (Å²) < 4.78 is 0. The van der Waals surface area contributed by atoms with Gasteiger partial charge in [-0.15, -0.1) is 0 Å². The molecule has 3 N–H and O–H groups in total. The maximum Gasteiger partial charge on any atom is 0.354 e. The van der Waals surface area contributed by atoms with Crippen molar-refractivity contribution >= 4 is 17.6 Å². The summed E-state index contributed by atoms with van der Waals surface area (Å²) in [6, 6.07) is 7.38. The molecule has 0 fully saturated rings. The minimum Gasteiger partial charge on any atom is -0.507 e. The molecule has 1 amide bonds. The van der Waals surface area contributed by atoms with Gasteiger partial charge in [0.15, 0.2) is 0 Å². The Labute approximate surface area is 114 Å². The summed E-state index contributed by atoms with van der Waals surface area (Å²) in [7, 11) is 0. The molecule has 6 heteroatoms. The predicted molar refractivity (Wildman–Crippen MR) is 72.0 cm³/mol. The highest BCUT2D eigenvalue weighted by Crippen LogP contribution is 2.20. The van der Waals surface area contributed by atoms with Crippen LogP contribution in [0.25, 0.3) is 0 Å². The van der Waals surface area contributed by atoms with Gasteiger partial charge in [0.1, 0.15) is 11.4 Å². The number of phenols is 1. The number of anilines is 1. The van der Waals surface area contributed by atoms with E-state index in [9.17, 15) is 14.7 Å². The van der Waals surface area contributed by atoms with E-state index in [-0.39, 0.29) is 17.0 Å². The number of hydrogen-bond donors (Lipinski definition) is 3. The summed E-state index contributed by atoms with van der Waals surface area (Å²) in [6.07, 6.45) is 1.29. The first-order chi connectivity index (χ1) is 9.47. The third-order valence-corrected chi connectivity index (χ3v) is 2.63. The van der Waals surface area contributed by atoms with E-state index < -0.39 is 11.9 Å². The fourth-order valence-electron chi connectivity index (χ4n) is 1.66. The smallest absolute Gasteiger partial charge is 0.354 e. The first-order valence-corrected chi connectivity index (χ1v) is 5.77. The molecule has 1 aromatic heterocycles. The number of aromatic nitrogens is 1. The van der Waals surface area contributed by atoms with Crippen molar-refractivity contribution in [2.24, 2.45) is 0 Å². The van der Waals surface area contributed by atoms with Gasteiger partial charge in [-0.05, 0) is 36.8 Å². The Hall–Kier alpha value is -2.89. The number of carbonyl (C=O) groups is 2. The Morgan fingerprint density at radius 3 is 2.60 bits per heavy atom. The Kier molecular flexibility index (Phi) is 3.65. The maximum absolute atomic E-state index is 12.0. The summed E-state index contributed by atoms with van der Waals surface area (Å²) in [5, 5.41) is 21.0. The topological polar surface area (TPSA) is 99.5 Å². The molecule has 0 unspecified atom stereocenters. The SMILES string of the molecule is Cc1ccc(C(=O)Nc2ccnc(C(=O)O)c2)c(O)c1. The van der Waals surface area contributed by atoms with Crippen LogP contribution in [0.2, 0.25) is 0 Å². The molecule has 102 valence electrons. The molecular formula is C14H12N2O4. The molecule has 0 spiro atoms.